The van der Waals surface area contributed by atoms with Gasteiger partial charge in [-0.1, -0.05) is 18.6 Å². The number of hydrogen-bond donors (Lipinski definition) is 5. The first-order valence-corrected chi connectivity index (χ1v) is 9.08. The summed E-state index contributed by atoms with van der Waals surface area (Å²) in [6.07, 6.45) is -3.24. The Bertz CT molecular complexity index is 599. The Hall–Kier alpha value is -1.13. The first-order chi connectivity index (χ1) is 12.6. The van der Waals surface area contributed by atoms with E-state index in [9.17, 15) is 30.3 Å². The van der Waals surface area contributed by atoms with Gasteiger partial charge in [0, 0.05) is 5.41 Å². The van der Waals surface area contributed by atoms with E-state index in [1.807, 2.05) is 13.8 Å². The van der Waals surface area contributed by atoms with Gasteiger partial charge in [-0.15, -0.1) is 0 Å². The fourth-order valence-electron chi connectivity index (χ4n) is 3.83. The van der Waals surface area contributed by atoms with E-state index in [1.165, 1.54) is 13.0 Å². The Kier molecular flexibility index (Phi) is 7.32. The number of carbonyl (C=O) groups is 1. The minimum absolute atomic E-state index is 0.0433. The minimum Gasteiger partial charge on any atom is -0.394 e. The number of aliphatic hydroxyl groups is 5. The van der Waals surface area contributed by atoms with Crippen LogP contribution in [0.3, 0.4) is 0 Å². The molecule has 5 N–H and O–H groups in total. The number of carbonyl (C=O) groups excluding carboxylic acids is 1. The van der Waals surface area contributed by atoms with Gasteiger partial charge >= 0.3 is 0 Å². The summed E-state index contributed by atoms with van der Waals surface area (Å²) < 4.78 is 11.1. The second kappa shape index (κ2) is 8.91. The fraction of sp³-hybridized carbons (Fsp3) is 0.737. The zero-order valence-corrected chi connectivity index (χ0v) is 15.9. The molecule has 0 amide bonds. The van der Waals surface area contributed by atoms with Gasteiger partial charge in [-0.25, -0.2) is 0 Å². The van der Waals surface area contributed by atoms with Gasteiger partial charge in [0.05, 0.1) is 19.3 Å². The van der Waals surface area contributed by atoms with Crippen molar-refractivity contribution in [3.8, 4) is 0 Å². The molecular formula is C19H30O8. The Morgan fingerprint density at radius 3 is 2.52 bits per heavy atom. The summed E-state index contributed by atoms with van der Waals surface area (Å²) in [6, 6.07) is 0. The van der Waals surface area contributed by atoms with Crippen molar-refractivity contribution in [2.45, 2.75) is 70.4 Å². The maximum absolute atomic E-state index is 11.3. The van der Waals surface area contributed by atoms with Gasteiger partial charge in [0.25, 0.3) is 0 Å². The molecule has 1 heterocycles. The van der Waals surface area contributed by atoms with Crippen molar-refractivity contribution in [1.82, 2.24) is 0 Å². The number of ether oxygens (including phenoxy) is 2. The highest BCUT2D eigenvalue weighted by Crippen LogP contribution is 2.42. The Balaban J connectivity index is 2.17. The van der Waals surface area contributed by atoms with Crippen molar-refractivity contribution in [2.24, 2.45) is 5.41 Å². The van der Waals surface area contributed by atoms with E-state index in [4.69, 9.17) is 9.47 Å². The smallest absolute Gasteiger partial charge is 0.186 e. The van der Waals surface area contributed by atoms with Gasteiger partial charge < -0.3 is 35.0 Å². The highest BCUT2D eigenvalue weighted by molar-refractivity contribution is 5.87. The van der Waals surface area contributed by atoms with E-state index in [-0.39, 0.29) is 12.4 Å². The van der Waals surface area contributed by atoms with E-state index in [1.54, 1.807) is 6.08 Å². The zero-order chi connectivity index (χ0) is 20.4. The van der Waals surface area contributed by atoms with Crippen LogP contribution in [0.2, 0.25) is 0 Å². The molecule has 0 unspecified atom stereocenters. The van der Waals surface area contributed by atoms with Gasteiger partial charge in [-0.2, -0.15) is 0 Å². The third kappa shape index (κ3) is 5.03. The van der Waals surface area contributed by atoms with Crippen LogP contribution < -0.4 is 0 Å². The zero-order valence-electron chi connectivity index (χ0n) is 15.9. The first kappa shape index (κ1) is 22.2. The highest BCUT2D eigenvalue weighted by Gasteiger charge is 2.45. The molecule has 0 spiro atoms. The molecule has 1 aliphatic heterocycles. The molecule has 1 saturated heterocycles. The summed E-state index contributed by atoms with van der Waals surface area (Å²) >= 11 is 0. The van der Waals surface area contributed by atoms with E-state index in [0.29, 0.717) is 12.8 Å². The molecule has 0 saturated carbocycles. The van der Waals surface area contributed by atoms with Crippen molar-refractivity contribution < 1.29 is 39.8 Å². The molecule has 8 nitrogen and oxygen atoms in total. The molecule has 0 aromatic heterocycles. The molecule has 27 heavy (non-hydrogen) atoms. The third-order valence-corrected chi connectivity index (χ3v) is 5.24. The Morgan fingerprint density at radius 2 is 1.93 bits per heavy atom. The Labute approximate surface area is 158 Å². The fourth-order valence-corrected chi connectivity index (χ4v) is 3.83. The second-order valence-electron chi connectivity index (χ2n) is 7.77. The predicted molar refractivity (Wildman–Crippen MR) is 95.6 cm³/mol. The van der Waals surface area contributed by atoms with Crippen molar-refractivity contribution in [1.29, 1.82) is 0 Å². The number of aliphatic hydroxyl groups excluding tert-OH is 5. The summed E-state index contributed by atoms with van der Waals surface area (Å²) in [6.45, 7) is 4.72. The molecule has 1 fully saturated rings. The molecule has 0 radical (unpaired) electrons. The molecular weight excluding hydrogens is 356 g/mol. The topological polar surface area (TPSA) is 137 Å². The quantitative estimate of drug-likeness (QED) is 0.383. The molecule has 154 valence electrons. The first-order valence-electron chi connectivity index (χ1n) is 9.08. The predicted octanol–water partition coefficient (Wildman–Crippen LogP) is -0.574. The van der Waals surface area contributed by atoms with E-state index < -0.39 is 48.8 Å². The molecule has 0 aromatic rings. The lowest BCUT2D eigenvalue weighted by molar-refractivity contribution is -0.305. The number of rotatable bonds is 6. The van der Waals surface area contributed by atoms with Gasteiger partial charge in [-0.3, -0.25) is 4.79 Å². The summed E-state index contributed by atoms with van der Waals surface area (Å²) in [7, 11) is 0. The molecule has 2 aliphatic rings. The number of hydrogen-bond acceptors (Lipinski definition) is 8. The molecule has 2 rings (SSSR count). The number of allylic oxidation sites excluding steroid dienone is 2. The monoisotopic (exact) mass is 386 g/mol. The lowest BCUT2D eigenvalue weighted by atomic mass is 9.70. The van der Waals surface area contributed by atoms with Crippen LogP contribution in [0.25, 0.3) is 0 Å². The van der Waals surface area contributed by atoms with Gasteiger partial charge in [0.2, 0.25) is 0 Å². The van der Waals surface area contributed by atoms with Crippen LogP contribution >= 0.6 is 0 Å². The average Bonchev–Trinajstić information content (AvgIpc) is 2.58. The van der Waals surface area contributed by atoms with Gasteiger partial charge in [-0.05, 0) is 38.3 Å². The summed E-state index contributed by atoms with van der Waals surface area (Å²) in [5, 5.41) is 49.3. The van der Waals surface area contributed by atoms with Crippen molar-refractivity contribution in [2.75, 3.05) is 13.2 Å². The van der Waals surface area contributed by atoms with Crippen molar-refractivity contribution in [3.63, 3.8) is 0 Å². The van der Waals surface area contributed by atoms with Crippen LogP contribution in [0.15, 0.2) is 23.3 Å². The lowest BCUT2D eigenvalue weighted by Crippen LogP contribution is -2.59. The summed E-state index contributed by atoms with van der Waals surface area (Å²) in [5.74, 6) is -0.0985. The molecule has 0 bridgehead atoms. The van der Waals surface area contributed by atoms with Gasteiger partial charge in [0.1, 0.15) is 24.4 Å². The van der Waals surface area contributed by atoms with Gasteiger partial charge in [0.15, 0.2) is 12.1 Å². The maximum atomic E-state index is 11.3. The molecule has 1 aliphatic carbocycles. The minimum atomic E-state index is -1.51. The Morgan fingerprint density at radius 1 is 1.26 bits per heavy atom. The van der Waals surface area contributed by atoms with Crippen LogP contribution in [0.1, 0.15) is 33.6 Å². The molecule has 0 aromatic carbocycles. The molecule has 7 atom stereocenters. The highest BCUT2D eigenvalue weighted by atomic mass is 16.7. The van der Waals surface area contributed by atoms with Crippen LogP contribution in [0.5, 0.6) is 0 Å². The average molecular weight is 386 g/mol. The van der Waals surface area contributed by atoms with Crippen LogP contribution in [-0.4, -0.2) is 81.3 Å². The third-order valence-electron chi connectivity index (χ3n) is 5.24. The summed E-state index contributed by atoms with van der Waals surface area (Å²) in [4.78, 5) is 11.3. The maximum Gasteiger partial charge on any atom is 0.186 e. The number of ketones is 1. The normalized spacial score (nSPS) is 40.6. The van der Waals surface area contributed by atoms with Crippen LogP contribution in [0, 0.1) is 5.41 Å². The van der Waals surface area contributed by atoms with Crippen molar-refractivity contribution in [3.05, 3.63) is 23.3 Å². The van der Waals surface area contributed by atoms with E-state index in [0.717, 1.165) is 11.1 Å². The SMILES string of the molecule is CC(=O)/C=C/C1=C(C)C[C@@H](O)C[C@]1(C)CO[C@@H]1O[C@H](CO)[C@@H](O)[C@H](O)[C@H]1O. The largest absolute Gasteiger partial charge is 0.394 e. The standard InChI is InChI=1S/C19H30O8/c1-10-6-12(22)7-19(3,13(10)5-4-11(2)21)9-26-18-17(25)16(24)15(23)14(8-20)27-18/h4-5,12,14-18,20,22-25H,6-9H2,1-3H3/b5-4+/t12-,14-,15-,16+,17-,18-,19-/m1/s1. The van der Waals surface area contributed by atoms with Crippen LogP contribution in [-0.2, 0) is 14.3 Å². The van der Waals surface area contributed by atoms with Crippen molar-refractivity contribution >= 4 is 5.78 Å². The molecule has 8 heteroatoms. The van der Waals surface area contributed by atoms with E-state index >= 15 is 0 Å². The summed E-state index contributed by atoms with van der Waals surface area (Å²) in [5.41, 5.74) is 1.16. The van der Waals surface area contributed by atoms with E-state index in [2.05, 4.69) is 0 Å². The lowest BCUT2D eigenvalue weighted by Gasteiger charge is -2.43. The second-order valence-corrected chi connectivity index (χ2v) is 7.77. The van der Waals surface area contributed by atoms with Crippen LogP contribution in [0.4, 0.5) is 0 Å².